The number of hydrogen-bond acceptors (Lipinski definition) is 4. The summed E-state index contributed by atoms with van der Waals surface area (Å²) in [7, 11) is 0. The average molecular weight is 126 g/mol. The molecule has 0 fully saturated rings. The minimum atomic E-state index is 0.660. The van der Waals surface area contributed by atoms with Gasteiger partial charge in [0.1, 0.15) is 0 Å². The fraction of sp³-hybridized carbons (Fsp3) is 0.750. The summed E-state index contributed by atoms with van der Waals surface area (Å²) >= 11 is 0. The first-order valence-electron chi connectivity index (χ1n) is 2.77. The van der Waals surface area contributed by atoms with Crippen LogP contribution in [0.2, 0.25) is 0 Å². The molecule has 1 aromatic heterocycles. The number of hydrogen-bond donors (Lipinski definition) is 1. The molecule has 49 valence electrons. The van der Waals surface area contributed by atoms with Crippen molar-refractivity contribution < 1.29 is 0 Å². The third-order valence-electron chi connectivity index (χ3n) is 0.927. The maximum atomic E-state index is 5.25. The zero-order chi connectivity index (χ0) is 6.53. The fourth-order valence-corrected chi connectivity index (χ4v) is 0.496. The van der Waals surface area contributed by atoms with E-state index >= 15 is 0 Å². The van der Waals surface area contributed by atoms with Crippen LogP contribution in [0.15, 0.2) is 0 Å². The van der Waals surface area contributed by atoms with E-state index in [2.05, 4.69) is 21.9 Å². The predicted molar refractivity (Wildman–Crippen MR) is 30.3 cm³/mol. The van der Waals surface area contributed by atoms with Crippen LogP contribution in [-0.4, -0.2) is 26.8 Å². The van der Waals surface area contributed by atoms with Gasteiger partial charge in [0.2, 0.25) is 6.33 Å². The van der Waals surface area contributed by atoms with Crippen LogP contribution in [-0.2, 0) is 6.54 Å². The van der Waals surface area contributed by atoms with Gasteiger partial charge in [-0.15, -0.1) is 5.10 Å². The standard InChI is InChI=1S/C4H8N5/c5-2-1-3-9-4-6-7-8-9/h1-3,5H2. The first-order chi connectivity index (χ1) is 4.43. The van der Waals surface area contributed by atoms with Crippen molar-refractivity contribution >= 4 is 0 Å². The molecule has 2 N–H and O–H groups in total. The van der Waals surface area contributed by atoms with Gasteiger partial charge in [0.15, 0.2) is 0 Å². The van der Waals surface area contributed by atoms with Crippen molar-refractivity contribution in [2.24, 2.45) is 5.73 Å². The van der Waals surface area contributed by atoms with E-state index in [1.54, 1.807) is 0 Å². The zero-order valence-electron chi connectivity index (χ0n) is 4.99. The smallest absolute Gasteiger partial charge is 0.221 e. The molecule has 0 aliphatic carbocycles. The maximum Gasteiger partial charge on any atom is 0.221 e. The minimum Gasteiger partial charge on any atom is -0.330 e. The third kappa shape index (κ3) is 1.77. The van der Waals surface area contributed by atoms with Crippen molar-refractivity contribution in [3.8, 4) is 0 Å². The molecule has 0 amide bonds. The predicted octanol–water partition coefficient (Wildman–Crippen LogP) is -1.18. The van der Waals surface area contributed by atoms with Crippen molar-refractivity contribution in [1.82, 2.24) is 20.2 Å². The van der Waals surface area contributed by atoms with E-state index in [9.17, 15) is 0 Å². The first-order valence-corrected chi connectivity index (χ1v) is 2.77. The van der Waals surface area contributed by atoms with E-state index in [4.69, 9.17) is 5.73 Å². The van der Waals surface area contributed by atoms with Crippen LogP contribution >= 0.6 is 0 Å². The number of aromatic nitrogens is 4. The molecule has 0 aliphatic rings. The van der Waals surface area contributed by atoms with Crippen molar-refractivity contribution in [1.29, 1.82) is 0 Å². The van der Waals surface area contributed by atoms with E-state index in [1.165, 1.54) is 4.68 Å². The van der Waals surface area contributed by atoms with Gasteiger partial charge in [0.25, 0.3) is 0 Å². The lowest BCUT2D eigenvalue weighted by Crippen LogP contribution is -2.06. The average Bonchev–Trinajstić information content (AvgIpc) is 2.34. The van der Waals surface area contributed by atoms with Gasteiger partial charge in [-0.25, -0.2) is 4.68 Å². The van der Waals surface area contributed by atoms with E-state index in [-0.39, 0.29) is 0 Å². The summed E-state index contributed by atoms with van der Waals surface area (Å²) in [6, 6.07) is 0. The second-order valence-corrected chi connectivity index (χ2v) is 1.64. The van der Waals surface area contributed by atoms with Crippen LogP contribution in [0.3, 0.4) is 0 Å². The Morgan fingerprint density at radius 1 is 1.56 bits per heavy atom. The quantitative estimate of drug-likeness (QED) is 0.553. The zero-order valence-corrected chi connectivity index (χ0v) is 4.99. The van der Waals surface area contributed by atoms with Gasteiger partial charge < -0.3 is 5.73 Å². The highest BCUT2D eigenvalue weighted by Gasteiger charge is 1.89. The largest absolute Gasteiger partial charge is 0.330 e. The lowest BCUT2D eigenvalue weighted by molar-refractivity contribution is 0.561. The fourth-order valence-electron chi connectivity index (χ4n) is 0.496. The SMILES string of the molecule is NCCCn1[c]nnn1. The Bertz CT molecular complexity index is 146. The summed E-state index contributed by atoms with van der Waals surface area (Å²) < 4.78 is 1.53. The second-order valence-electron chi connectivity index (χ2n) is 1.64. The number of rotatable bonds is 3. The molecule has 0 aliphatic heterocycles. The van der Waals surface area contributed by atoms with Crippen LogP contribution in [0.1, 0.15) is 6.42 Å². The molecule has 1 radical (unpaired) electrons. The van der Waals surface area contributed by atoms with Gasteiger partial charge in [-0.05, 0) is 23.4 Å². The van der Waals surface area contributed by atoms with Crippen LogP contribution in [0.5, 0.6) is 0 Å². The summed E-state index contributed by atoms with van der Waals surface area (Å²) in [4.78, 5) is 0. The molecular formula is C4H8N5. The molecule has 0 bridgehead atoms. The highest BCUT2D eigenvalue weighted by atomic mass is 15.5. The number of nitrogens with zero attached hydrogens (tertiary/aromatic N) is 4. The molecule has 0 atom stereocenters. The molecule has 0 saturated heterocycles. The van der Waals surface area contributed by atoms with E-state index in [0.717, 1.165) is 13.0 Å². The Morgan fingerprint density at radius 2 is 2.44 bits per heavy atom. The summed E-state index contributed by atoms with van der Waals surface area (Å²) in [6.07, 6.45) is 3.45. The summed E-state index contributed by atoms with van der Waals surface area (Å²) in [5, 5.41) is 10.4. The van der Waals surface area contributed by atoms with Crippen LogP contribution in [0.4, 0.5) is 0 Å². The van der Waals surface area contributed by atoms with E-state index in [0.29, 0.717) is 6.54 Å². The molecule has 0 aromatic carbocycles. The number of aryl methyl sites for hydroxylation is 1. The Labute approximate surface area is 52.8 Å². The van der Waals surface area contributed by atoms with Gasteiger partial charge >= 0.3 is 0 Å². The molecule has 0 unspecified atom stereocenters. The molecule has 1 aromatic rings. The number of nitrogens with two attached hydrogens (primary N) is 1. The lowest BCUT2D eigenvalue weighted by Gasteiger charge is -1.92. The lowest BCUT2D eigenvalue weighted by atomic mass is 10.4. The van der Waals surface area contributed by atoms with Gasteiger partial charge in [-0.2, -0.15) is 0 Å². The Morgan fingerprint density at radius 3 is 3.00 bits per heavy atom. The van der Waals surface area contributed by atoms with Gasteiger partial charge in [-0.1, -0.05) is 0 Å². The molecule has 9 heavy (non-hydrogen) atoms. The maximum absolute atomic E-state index is 5.25. The van der Waals surface area contributed by atoms with Gasteiger partial charge in [0.05, 0.1) is 0 Å². The van der Waals surface area contributed by atoms with Crippen molar-refractivity contribution in [2.45, 2.75) is 13.0 Å². The van der Waals surface area contributed by atoms with E-state index in [1.807, 2.05) is 0 Å². The second kappa shape index (κ2) is 3.13. The summed E-state index contributed by atoms with van der Waals surface area (Å²) in [6.45, 7) is 1.41. The third-order valence-corrected chi connectivity index (χ3v) is 0.927. The monoisotopic (exact) mass is 126 g/mol. The van der Waals surface area contributed by atoms with Crippen molar-refractivity contribution in [3.05, 3.63) is 6.33 Å². The van der Waals surface area contributed by atoms with Crippen molar-refractivity contribution in [2.75, 3.05) is 6.54 Å². The summed E-state index contributed by atoms with van der Waals surface area (Å²) in [5.41, 5.74) is 5.25. The highest BCUT2D eigenvalue weighted by Crippen LogP contribution is 1.79. The van der Waals surface area contributed by atoms with Crippen molar-refractivity contribution in [3.63, 3.8) is 0 Å². The molecule has 5 heteroatoms. The Kier molecular flexibility index (Phi) is 2.14. The van der Waals surface area contributed by atoms with E-state index < -0.39 is 0 Å². The molecule has 1 rings (SSSR count). The topological polar surface area (TPSA) is 69.6 Å². The number of tetrazole rings is 1. The molecular weight excluding hydrogens is 118 g/mol. The molecule has 5 nitrogen and oxygen atoms in total. The first kappa shape index (κ1) is 6.15. The van der Waals surface area contributed by atoms with Gasteiger partial charge in [-0.3, -0.25) is 0 Å². The summed E-state index contributed by atoms with van der Waals surface area (Å²) in [5.74, 6) is 0. The molecule has 1 heterocycles. The molecule has 0 spiro atoms. The Balaban J connectivity index is 2.30. The Hall–Kier alpha value is -0.970. The van der Waals surface area contributed by atoms with Crippen LogP contribution in [0.25, 0.3) is 0 Å². The minimum absolute atomic E-state index is 0.660. The molecule has 0 saturated carbocycles. The van der Waals surface area contributed by atoms with Crippen LogP contribution in [0, 0.1) is 6.33 Å². The van der Waals surface area contributed by atoms with Crippen LogP contribution < -0.4 is 5.73 Å². The normalized spacial score (nSPS) is 9.89. The van der Waals surface area contributed by atoms with Gasteiger partial charge in [0, 0.05) is 6.54 Å². The highest BCUT2D eigenvalue weighted by molar-refractivity contribution is 4.44.